The summed E-state index contributed by atoms with van der Waals surface area (Å²) < 4.78 is 27.7. The van der Waals surface area contributed by atoms with E-state index in [9.17, 15) is 13.5 Å². The number of aliphatic hydroxyl groups is 1. The molecule has 0 aromatic carbocycles. The van der Waals surface area contributed by atoms with Crippen molar-refractivity contribution in [2.75, 3.05) is 4.72 Å². The minimum absolute atomic E-state index is 0.220. The Hall–Kier alpha value is -1.45. The van der Waals surface area contributed by atoms with Gasteiger partial charge in [-0.1, -0.05) is 0 Å². The van der Waals surface area contributed by atoms with Crippen molar-refractivity contribution in [3.05, 3.63) is 33.6 Å². The lowest BCUT2D eigenvalue weighted by Crippen LogP contribution is -2.17. The zero-order valence-corrected chi connectivity index (χ0v) is 13.2. The maximum atomic E-state index is 12.3. The van der Waals surface area contributed by atoms with Crippen molar-refractivity contribution >= 4 is 31.8 Å². The van der Waals surface area contributed by atoms with Gasteiger partial charge in [-0.3, -0.25) is 9.82 Å². The van der Waals surface area contributed by atoms with E-state index in [2.05, 4.69) is 35.8 Å². The summed E-state index contributed by atoms with van der Waals surface area (Å²) in [6.45, 7) is 2.96. The second-order valence-electron chi connectivity index (χ2n) is 4.21. The molecule has 0 atom stereocenters. The van der Waals surface area contributed by atoms with Crippen molar-refractivity contribution in [3.8, 4) is 0 Å². The monoisotopic (exact) mass is 360 g/mol. The van der Waals surface area contributed by atoms with E-state index in [1.54, 1.807) is 19.9 Å². The van der Waals surface area contributed by atoms with E-state index in [4.69, 9.17) is 0 Å². The lowest BCUT2D eigenvalue weighted by molar-refractivity contribution is 0.277. The second kappa shape index (κ2) is 5.51. The molecule has 0 saturated carbocycles. The predicted octanol–water partition coefficient (Wildman–Crippen LogP) is 1.48. The van der Waals surface area contributed by atoms with Gasteiger partial charge in [0.25, 0.3) is 10.0 Å². The summed E-state index contributed by atoms with van der Waals surface area (Å²) in [5, 5.41) is 15.3. The molecule has 0 spiro atoms. The van der Waals surface area contributed by atoms with Gasteiger partial charge in [0.15, 0.2) is 0 Å². The van der Waals surface area contributed by atoms with Crippen LogP contribution in [0.5, 0.6) is 0 Å². The Bertz CT molecular complexity index is 742. The van der Waals surface area contributed by atoms with Gasteiger partial charge in [0.05, 0.1) is 6.61 Å². The number of halogens is 1. The van der Waals surface area contributed by atoms with Crippen LogP contribution in [0.4, 0.5) is 5.82 Å². The highest BCUT2D eigenvalue weighted by molar-refractivity contribution is 9.10. The Labute approximate surface area is 124 Å². The number of anilines is 1. The van der Waals surface area contributed by atoms with Crippen molar-refractivity contribution in [2.24, 2.45) is 0 Å². The maximum Gasteiger partial charge on any atom is 0.282 e. The summed E-state index contributed by atoms with van der Waals surface area (Å²) in [7, 11) is -3.90. The molecule has 0 amide bonds. The molecular weight excluding hydrogens is 348 g/mol. The topological polar surface area (TPSA) is 108 Å². The third-order valence-electron chi connectivity index (χ3n) is 2.72. The number of aryl methyl sites for hydroxylation is 2. The molecule has 3 N–H and O–H groups in total. The van der Waals surface area contributed by atoms with Gasteiger partial charge in [-0.05, 0) is 41.4 Å². The summed E-state index contributed by atoms with van der Waals surface area (Å²) in [4.78, 5) is 4.01. The summed E-state index contributed by atoms with van der Waals surface area (Å²) in [6.07, 6.45) is 1.49. The molecule has 2 rings (SSSR count). The molecule has 9 heteroatoms. The van der Waals surface area contributed by atoms with Crippen LogP contribution in [-0.4, -0.2) is 28.7 Å². The van der Waals surface area contributed by atoms with Gasteiger partial charge in [-0.25, -0.2) is 4.98 Å². The number of rotatable bonds is 4. The Kier molecular flexibility index (Phi) is 4.11. The third kappa shape index (κ3) is 2.84. The predicted molar refractivity (Wildman–Crippen MR) is 76.7 cm³/mol. The highest BCUT2D eigenvalue weighted by Gasteiger charge is 2.24. The minimum Gasteiger partial charge on any atom is -0.392 e. The highest BCUT2D eigenvalue weighted by Crippen LogP contribution is 2.22. The average Bonchev–Trinajstić information content (AvgIpc) is 2.74. The third-order valence-corrected chi connectivity index (χ3v) is 4.47. The molecule has 0 aliphatic carbocycles. The number of sulfonamides is 1. The summed E-state index contributed by atoms with van der Waals surface area (Å²) >= 11 is 3.26. The first kappa shape index (κ1) is 14.9. The van der Waals surface area contributed by atoms with Gasteiger partial charge in [0, 0.05) is 21.9 Å². The van der Waals surface area contributed by atoms with Crippen LogP contribution in [-0.2, 0) is 16.6 Å². The van der Waals surface area contributed by atoms with Gasteiger partial charge < -0.3 is 5.11 Å². The molecule has 0 aliphatic heterocycles. The van der Waals surface area contributed by atoms with E-state index >= 15 is 0 Å². The standard InChI is InChI=1S/C11H13BrN4O3S/c1-6-3-8(12)4-13-10(6)16-20(18,19)11-9(5-17)7(2)14-15-11/h3-4,17H,5H2,1-2H3,(H,13,16)(H,14,15). The Morgan fingerprint density at radius 2 is 2.15 bits per heavy atom. The number of hydrogen-bond acceptors (Lipinski definition) is 5. The molecule has 108 valence electrons. The lowest BCUT2D eigenvalue weighted by Gasteiger charge is -2.09. The molecule has 2 heterocycles. The number of aromatic amines is 1. The largest absolute Gasteiger partial charge is 0.392 e. The maximum absolute atomic E-state index is 12.3. The van der Waals surface area contributed by atoms with Crippen LogP contribution in [0.15, 0.2) is 21.8 Å². The number of aromatic nitrogens is 3. The van der Waals surface area contributed by atoms with Gasteiger partial charge in [-0.15, -0.1) is 0 Å². The zero-order valence-electron chi connectivity index (χ0n) is 10.8. The number of hydrogen-bond donors (Lipinski definition) is 3. The van der Waals surface area contributed by atoms with Crippen LogP contribution in [0.3, 0.4) is 0 Å². The number of H-pyrrole nitrogens is 1. The second-order valence-corrected chi connectivity index (χ2v) is 6.73. The normalized spacial score (nSPS) is 11.6. The van der Waals surface area contributed by atoms with Crippen LogP contribution in [0.25, 0.3) is 0 Å². The van der Waals surface area contributed by atoms with Crippen LogP contribution >= 0.6 is 15.9 Å². The molecule has 0 radical (unpaired) electrons. The van der Waals surface area contributed by atoms with E-state index in [0.29, 0.717) is 11.3 Å². The van der Waals surface area contributed by atoms with Crippen LogP contribution in [0.2, 0.25) is 0 Å². The van der Waals surface area contributed by atoms with E-state index in [1.807, 2.05) is 0 Å². The molecule has 2 aromatic rings. The van der Waals surface area contributed by atoms with Crippen LogP contribution in [0.1, 0.15) is 16.8 Å². The SMILES string of the molecule is Cc1cc(Br)cnc1NS(=O)(=O)c1n[nH]c(C)c1CO. The first-order valence-electron chi connectivity index (χ1n) is 5.65. The molecular formula is C11H13BrN4O3S. The van der Waals surface area contributed by atoms with Crippen molar-refractivity contribution in [3.63, 3.8) is 0 Å². The molecule has 0 saturated heterocycles. The van der Waals surface area contributed by atoms with Gasteiger partial charge in [-0.2, -0.15) is 13.5 Å². The Morgan fingerprint density at radius 3 is 2.75 bits per heavy atom. The molecule has 20 heavy (non-hydrogen) atoms. The fraction of sp³-hybridized carbons (Fsp3) is 0.273. The van der Waals surface area contributed by atoms with Crippen molar-refractivity contribution in [1.29, 1.82) is 0 Å². The van der Waals surface area contributed by atoms with Crippen molar-refractivity contribution < 1.29 is 13.5 Å². The lowest BCUT2D eigenvalue weighted by atomic mass is 10.3. The Balaban J connectivity index is 2.41. The number of nitrogens with one attached hydrogen (secondary N) is 2. The first-order valence-corrected chi connectivity index (χ1v) is 7.92. The molecule has 2 aromatic heterocycles. The minimum atomic E-state index is -3.90. The first-order chi connectivity index (χ1) is 9.35. The summed E-state index contributed by atoms with van der Waals surface area (Å²) in [5.41, 5.74) is 1.42. The number of aliphatic hydroxyl groups excluding tert-OH is 1. The Morgan fingerprint density at radius 1 is 1.45 bits per heavy atom. The van der Waals surface area contributed by atoms with Gasteiger partial charge >= 0.3 is 0 Å². The molecule has 7 nitrogen and oxygen atoms in total. The van der Waals surface area contributed by atoms with Crippen LogP contribution < -0.4 is 4.72 Å². The van der Waals surface area contributed by atoms with E-state index < -0.39 is 16.6 Å². The number of pyridine rings is 1. The van der Waals surface area contributed by atoms with E-state index in [0.717, 1.165) is 4.47 Å². The fourth-order valence-electron chi connectivity index (χ4n) is 1.66. The van der Waals surface area contributed by atoms with Crippen molar-refractivity contribution in [1.82, 2.24) is 15.2 Å². The van der Waals surface area contributed by atoms with Crippen molar-refractivity contribution in [2.45, 2.75) is 25.5 Å². The molecule has 0 bridgehead atoms. The fourth-order valence-corrected chi connectivity index (χ4v) is 3.38. The average molecular weight is 361 g/mol. The van der Waals surface area contributed by atoms with Crippen LogP contribution in [0, 0.1) is 13.8 Å². The smallest absolute Gasteiger partial charge is 0.282 e. The quantitative estimate of drug-likeness (QED) is 0.765. The zero-order chi connectivity index (χ0) is 14.9. The number of nitrogens with zero attached hydrogens (tertiary/aromatic N) is 2. The molecule has 0 fully saturated rings. The summed E-state index contributed by atoms with van der Waals surface area (Å²) in [5.74, 6) is 0.220. The molecule has 0 aliphatic rings. The van der Waals surface area contributed by atoms with Gasteiger partial charge in [0.1, 0.15) is 5.82 Å². The van der Waals surface area contributed by atoms with E-state index in [-0.39, 0.29) is 16.4 Å². The molecule has 0 unspecified atom stereocenters. The summed E-state index contributed by atoms with van der Waals surface area (Å²) in [6, 6.07) is 1.74. The highest BCUT2D eigenvalue weighted by atomic mass is 79.9. The van der Waals surface area contributed by atoms with Gasteiger partial charge in [0.2, 0.25) is 5.03 Å². The van der Waals surface area contributed by atoms with E-state index in [1.165, 1.54) is 6.20 Å².